The summed E-state index contributed by atoms with van der Waals surface area (Å²) in [5.41, 5.74) is 2.03. The highest BCUT2D eigenvalue weighted by atomic mass is 35.5. The Kier molecular flexibility index (Phi) is 5.63. The van der Waals surface area contributed by atoms with Crippen LogP contribution in [-0.4, -0.2) is 52.9 Å². The first kappa shape index (κ1) is 20.5. The highest BCUT2D eigenvalue weighted by Gasteiger charge is 2.16. The molecule has 2 aromatic heterocycles. The molecule has 0 fully saturated rings. The molecule has 4 aromatic rings. The highest BCUT2D eigenvalue weighted by molar-refractivity contribution is 6.29. The van der Waals surface area contributed by atoms with Crippen LogP contribution in [0.25, 0.3) is 17.0 Å². The number of halogens is 1. The van der Waals surface area contributed by atoms with Crippen LogP contribution in [0.5, 0.6) is 23.0 Å². The lowest BCUT2D eigenvalue weighted by Gasteiger charge is -2.14. The van der Waals surface area contributed by atoms with Crippen molar-refractivity contribution >= 4 is 34.3 Å². The van der Waals surface area contributed by atoms with Crippen molar-refractivity contribution < 1.29 is 18.9 Å². The van der Waals surface area contributed by atoms with Gasteiger partial charge >= 0.3 is 0 Å². The number of nitrogens with one attached hydrogen (secondary N) is 1. The molecule has 0 saturated heterocycles. The number of hydrogen-bond donors (Lipinski definition) is 1. The van der Waals surface area contributed by atoms with Crippen LogP contribution >= 0.6 is 11.6 Å². The molecule has 10 nitrogen and oxygen atoms in total. The van der Waals surface area contributed by atoms with E-state index in [9.17, 15) is 0 Å². The first-order chi connectivity index (χ1) is 15.1. The van der Waals surface area contributed by atoms with Gasteiger partial charge in [-0.05, 0) is 23.7 Å². The number of methoxy groups -OCH3 is 4. The maximum Gasteiger partial charge on any atom is 0.241 e. The Hall–Kier alpha value is -3.79. The SMILES string of the molecule is COc1ccc2c(c1)nc(Cl)n2-c1ncnc(Nc2cc(OC)c(OC)c(OC)c2)n1. The van der Waals surface area contributed by atoms with Gasteiger partial charge in [-0.25, -0.2) is 15.0 Å². The number of nitrogens with zero attached hydrogens (tertiary/aromatic N) is 5. The van der Waals surface area contributed by atoms with E-state index < -0.39 is 0 Å². The number of benzene rings is 2. The van der Waals surface area contributed by atoms with E-state index in [2.05, 4.69) is 25.3 Å². The maximum absolute atomic E-state index is 6.37. The van der Waals surface area contributed by atoms with Crippen molar-refractivity contribution in [3.05, 3.63) is 41.9 Å². The molecule has 0 spiro atoms. The smallest absolute Gasteiger partial charge is 0.241 e. The summed E-state index contributed by atoms with van der Waals surface area (Å²) in [6, 6.07) is 8.93. The second-order valence-corrected chi connectivity index (χ2v) is 6.56. The molecule has 0 amide bonds. The average Bonchev–Trinajstić information content (AvgIpc) is 3.13. The Morgan fingerprint density at radius 3 is 2.26 bits per heavy atom. The van der Waals surface area contributed by atoms with Gasteiger partial charge in [-0.2, -0.15) is 4.98 Å². The van der Waals surface area contributed by atoms with Gasteiger partial charge in [-0.1, -0.05) is 0 Å². The lowest BCUT2D eigenvalue weighted by Crippen LogP contribution is -2.06. The standard InChI is InChI=1S/C20H19ClN6O4/c1-28-12-5-6-14-13(9-12)25-18(21)27(14)20-23-10-22-19(26-20)24-11-7-15(29-2)17(31-4)16(8-11)30-3/h5-10H,1-4H3,(H,22,23,24,26). The molecule has 4 rings (SSSR count). The monoisotopic (exact) mass is 442 g/mol. The molecular formula is C20H19ClN6O4. The van der Waals surface area contributed by atoms with E-state index in [1.54, 1.807) is 51.2 Å². The number of ether oxygens (including phenoxy) is 4. The van der Waals surface area contributed by atoms with E-state index in [4.69, 9.17) is 30.5 Å². The van der Waals surface area contributed by atoms with Crippen LogP contribution in [0.1, 0.15) is 0 Å². The van der Waals surface area contributed by atoms with Gasteiger partial charge in [0.2, 0.25) is 22.9 Å². The quantitative estimate of drug-likeness (QED) is 0.459. The van der Waals surface area contributed by atoms with Crippen LogP contribution in [0, 0.1) is 0 Å². The van der Waals surface area contributed by atoms with Gasteiger partial charge in [0.05, 0.1) is 39.5 Å². The summed E-state index contributed by atoms with van der Waals surface area (Å²) >= 11 is 6.37. The number of aromatic nitrogens is 5. The van der Waals surface area contributed by atoms with Gasteiger partial charge in [0.25, 0.3) is 0 Å². The first-order valence-corrected chi connectivity index (χ1v) is 9.44. The Bertz CT molecular complexity index is 1220. The molecule has 0 aliphatic heterocycles. The molecular weight excluding hydrogens is 424 g/mol. The normalized spacial score (nSPS) is 10.7. The van der Waals surface area contributed by atoms with Gasteiger partial charge in [0.15, 0.2) is 11.5 Å². The van der Waals surface area contributed by atoms with Crippen molar-refractivity contribution in [2.45, 2.75) is 0 Å². The van der Waals surface area contributed by atoms with E-state index in [-0.39, 0.29) is 5.28 Å². The lowest BCUT2D eigenvalue weighted by atomic mass is 10.2. The fourth-order valence-corrected chi connectivity index (χ4v) is 3.34. The number of fused-ring (bicyclic) bond motifs is 1. The van der Waals surface area contributed by atoms with Gasteiger partial charge in [0, 0.05) is 23.9 Å². The summed E-state index contributed by atoms with van der Waals surface area (Å²) in [7, 11) is 6.22. The molecule has 0 unspecified atom stereocenters. The van der Waals surface area contributed by atoms with Crippen LogP contribution in [0.3, 0.4) is 0 Å². The van der Waals surface area contributed by atoms with Crippen LogP contribution in [-0.2, 0) is 0 Å². The van der Waals surface area contributed by atoms with E-state index in [1.165, 1.54) is 6.33 Å². The summed E-state index contributed by atoms with van der Waals surface area (Å²) in [4.78, 5) is 17.3. The fraction of sp³-hybridized carbons (Fsp3) is 0.200. The van der Waals surface area contributed by atoms with Crippen molar-refractivity contribution in [1.82, 2.24) is 24.5 Å². The zero-order valence-electron chi connectivity index (χ0n) is 17.2. The zero-order chi connectivity index (χ0) is 22.0. The summed E-state index contributed by atoms with van der Waals surface area (Å²) in [5.74, 6) is 2.76. The molecule has 0 bridgehead atoms. The molecule has 0 atom stereocenters. The predicted molar refractivity (Wildman–Crippen MR) is 115 cm³/mol. The van der Waals surface area contributed by atoms with Crippen molar-refractivity contribution in [1.29, 1.82) is 0 Å². The molecule has 0 aliphatic rings. The van der Waals surface area contributed by atoms with Crippen molar-refractivity contribution in [3.8, 4) is 28.9 Å². The molecule has 2 aromatic carbocycles. The minimum atomic E-state index is 0.216. The minimum absolute atomic E-state index is 0.216. The Balaban J connectivity index is 1.72. The van der Waals surface area contributed by atoms with E-state index in [0.29, 0.717) is 46.1 Å². The van der Waals surface area contributed by atoms with Crippen molar-refractivity contribution in [3.63, 3.8) is 0 Å². The van der Waals surface area contributed by atoms with Crippen molar-refractivity contribution in [2.24, 2.45) is 0 Å². The molecule has 160 valence electrons. The Morgan fingerprint density at radius 1 is 0.871 bits per heavy atom. The van der Waals surface area contributed by atoms with E-state index in [0.717, 1.165) is 5.52 Å². The molecule has 0 radical (unpaired) electrons. The summed E-state index contributed by atoms with van der Waals surface area (Å²) in [5, 5.41) is 3.33. The molecule has 0 saturated carbocycles. The number of hydrogen-bond acceptors (Lipinski definition) is 9. The average molecular weight is 443 g/mol. The minimum Gasteiger partial charge on any atom is -0.497 e. The maximum atomic E-state index is 6.37. The second kappa shape index (κ2) is 8.52. The first-order valence-electron chi connectivity index (χ1n) is 9.06. The number of imidazole rings is 1. The van der Waals surface area contributed by atoms with Crippen molar-refractivity contribution in [2.75, 3.05) is 33.8 Å². The third kappa shape index (κ3) is 3.84. The van der Waals surface area contributed by atoms with Gasteiger partial charge in [-0.15, -0.1) is 0 Å². The fourth-order valence-electron chi connectivity index (χ4n) is 3.09. The third-order valence-corrected chi connectivity index (χ3v) is 4.75. The molecule has 1 N–H and O–H groups in total. The Morgan fingerprint density at radius 2 is 1.61 bits per heavy atom. The molecule has 11 heteroatoms. The lowest BCUT2D eigenvalue weighted by molar-refractivity contribution is 0.324. The third-order valence-electron chi connectivity index (χ3n) is 4.50. The van der Waals surface area contributed by atoms with Crippen LogP contribution < -0.4 is 24.3 Å². The molecule has 31 heavy (non-hydrogen) atoms. The summed E-state index contributed by atoms with van der Waals surface area (Å²) < 4.78 is 23.0. The van der Waals surface area contributed by atoms with Gasteiger partial charge < -0.3 is 24.3 Å². The zero-order valence-corrected chi connectivity index (χ0v) is 18.0. The summed E-state index contributed by atoms with van der Waals surface area (Å²) in [6.45, 7) is 0. The second-order valence-electron chi connectivity index (χ2n) is 6.22. The topological polar surface area (TPSA) is 105 Å². The molecule has 2 heterocycles. The van der Waals surface area contributed by atoms with E-state index in [1.807, 2.05) is 12.1 Å². The highest BCUT2D eigenvalue weighted by Crippen LogP contribution is 2.40. The number of anilines is 2. The molecule has 0 aliphatic carbocycles. The number of rotatable bonds is 7. The Labute approximate surface area is 182 Å². The van der Waals surface area contributed by atoms with Crippen LogP contribution in [0.15, 0.2) is 36.7 Å². The van der Waals surface area contributed by atoms with Gasteiger partial charge in [-0.3, -0.25) is 4.57 Å². The van der Waals surface area contributed by atoms with Gasteiger partial charge in [0.1, 0.15) is 12.1 Å². The van der Waals surface area contributed by atoms with E-state index >= 15 is 0 Å². The predicted octanol–water partition coefficient (Wildman–Crippen LogP) is 3.64. The largest absolute Gasteiger partial charge is 0.497 e. The van der Waals surface area contributed by atoms with Crippen LogP contribution in [0.2, 0.25) is 5.28 Å². The van der Waals surface area contributed by atoms with Crippen LogP contribution in [0.4, 0.5) is 11.6 Å². The summed E-state index contributed by atoms with van der Waals surface area (Å²) in [6.07, 6.45) is 1.38.